The van der Waals surface area contributed by atoms with Crippen molar-refractivity contribution in [2.24, 2.45) is 11.1 Å². The summed E-state index contributed by atoms with van der Waals surface area (Å²) in [5.41, 5.74) is 0.578. The normalized spacial score (nSPS) is 23.9. The molecule has 108 valence electrons. The minimum Gasteiger partial charge on any atom is -0.393 e. The lowest BCUT2D eigenvalue weighted by Gasteiger charge is -2.31. The van der Waals surface area contributed by atoms with Crippen LogP contribution in [0.15, 0.2) is 5.16 Å². The summed E-state index contributed by atoms with van der Waals surface area (Å²) < 4.78 is -0.305. The van der Waals surface area contributed by atoms with Gasteiger partial charge >= 0.3 is 0 Å². The van der Waals surface area contributed by atoms with E-state index in [0.29, 0.717) is 18.6 Å². The summed E-state index contributed by atoms with van der Waals surface area (Å²) in [6.45, 7) is 9.58. The van der Waals surface area contributed by atoms with Crippen LogP contribution in [0.4, 0.5) is 0 Å². The smallest absolute Gasteiger partial charge is 0.205 e. The molecule has 0 N–H and O–H groups in total. The number of nitrogens with zero attached hydrogens (tertiary/aromatic N) is 1. The number of carbonyl (C=O) groups excluding carboxylic acids is 2. The highest BCUT2D eigenvalue weighted by molar-refractivity contribution is 8.15. The topological polar surface area (TPSA) is 55.7 Å². The fourth-order valence-electron chi connectivity index (χ4n) is 2.01. The first-order valence-electron chi connectivity index (χ1n) is 6.75. The Hall–Kier alpha value is -0.840. The van der Waals surface area contributed by atoms with Crippen LogP contribution in [0.5, 0.6) is 0 Å². The highest BCUT2D eigenvalue weighted by Gasteiger charge is 2.43. The van der Waals surface area contributed by atoms with Crippen LogP contribution in [0.2, 0.25) is 0 Å². The minimum atomic E-state index is -0.711. The van der Waals surface area contributed by atoms with Crippen LogP contribution in [0.3, 0.4) is 0 Å². The number of oxime groups is 1. The second-order valence-corrected chi connectivity index (χ2v) is 7.46. The molecule has 1 unspecified atom stereocenters. The molecule has 1 rings (SSSR count). The van der Waals surface area contributed by atoms with Crippen molar-refractivity contribution >= 4 is 28.4 Å². The Morgan fingerprint density at radius 2 is 2.11 bits per heavy atom. The molecular formula is C14H23NO3S. The first kappa shape index (κ1) is 16.2. The maximum Gasteiger partial charge on any atom is 0.205 e. The molecule has 0 amide bonds. The van der Waals surface area contributed by atoms with Crippen molar-refractivity contribution in [2.45, 2.75) is 64.7 Å². The van der Waals surface area contributed by atoms with Gasteiger partial charge in [0.15, 0.2) is 5.78 Å². The van der Waals surface area contributed by atoms with Crippen LogP contribution < -0.4 is 0 Å². The van der Waals surface area contributed by atoms with Crippen molar-refractivity contribution in [3.63, 3.8) is 0 Å². The van der Waals surface area contributed by atoms with Crippen molar-refractivity contribution < 1.29 is 14.4 Å². The van der Waals surface area contributed by atoms with E-state index in [1.165, 1.54) is 11.8 Å². The van der Waals surface area contributed by atoms with Gasteiger partial charge in [0.1, 0.15) is 12.0 Å². The largest absolute Gasteiger partial charge is 0.393 e. The van der Waals surface area contributed by atoms with Crippen molar-refractivity contribution in [3.8, 4) is 0 Å². The molecule has 1 atom stereocenters. The third-order valence-corrected chi connectivity index (χ3v) is 3.89. The van der Waals surface area contributed by atoms with Crippen molar-refractivity contribution in [3.05, 3.63) is 0 Å². The van der Waals surface area contributed by atoms with E-state index in [-0.39, 0.29) is 21.7 Å². The van der Waals surface area contributed by atoms with Crippen LogP contribution in [0.1, 0.15) is 53.9 Å². The van der Waals surface area contributed by atoms with Crippen LogP contribution in [0.25, 0.3) is 0 Å². The zero-order valence-electron chi connectivity index (χ0n) is 12.4. The van der Waals surface area contributed by atoms with Gasteiger partial charge in [-0.2, -0.15) is 0 Å². The van der Waals surface area contributed by atoms with Crippen LogP contribution in [-0.4, -0.2) is 27.5 Å². The van der Waals surface area contributed by atoms with Crippen molar-refractivity contribution in [2.75, 3.05) is 0 Å². The van der Waals surface area contributed by atoms with E-state index in [1.807, 2.05) is 34.6 Å². The predicted molar refractivity (Wildman–Crippen MR) is 78.4 cm³/mol. The van der Waals surface area contributed by atoms with Gasteiger partial charge in [-0.1, -0.05) is 30.3 Å². The van der Waals surface area contributed by atoms with E-state index >= 15 is 0 Å². The number of carbonyl (C=O) groups is 2. The zero-order chi connectivity index (χ0) is 14.6. The maximum absolute atomic E-state index is 12.2. The number of thioether (sulfide) groups is 1. The Morgan fingerprint density at radius 1 is 1.47 bits per heavy atom. The summed E-state index contributed by atoms with van der Waals surface area (Å²) in [7, 11) is 0. The molecule has 19 heavy (non-hydrogen) atoms. The first-order chi connectivity index (χ1) is 8.76. The number of hydrogen-bond donors (Lipinski definition) is 0. The summed E-state index contributed by atoms with van der Waals surface area (Å²) in [6, 6.07) is 0. The molecule has 0 aromatic carbocycles. The van der Waals surface area contributed by atoms with Gasteiger partial charge < -0.3 is 4.84 Å². The van der Waals surface area contributed by atoms with Crippen LogP contribution in [0, 0.1) is 5.92 Å². The summed E-state index contributed by atoms with van der Waals surface area (Å²) in [4.78, 5) is 29.6. The van der Waals surface area contributed by atoms with Gasteiger partial charge in [0.2, 0.25) is 5.12 Å². The van der Waals surface area contributed by atoms with Gasteiger partial charge in [0, 0.05) is 11.2 Å². The van der Waals surface area contributed by atoms with E-state index < -0.39 is 5.92 Å². The monoisotopic (exact) mass is 285 g/mol. The molecule has 0 aliphatic carbocycles. The zero-order valence-corrected chi connectivity index (χ0v) is 13.2. The number of hydrogen-bond acceptors (Lipinski definition) is 5. The predicted octanol–water partition coefficient (Wildman–Crippen LogP) is 3.19. The first-order valence-corrected chi connectivity index (χ1v) is 7.56. The van der Waals surface area contributed by atoms with E-state index in [2.05, 4.69) is 5.16 Å². The maximum atomic E-state index is 12.2. The number of Topliss-reactive ketones (excluding diaryl/α,β-unsaturated/α-hetero) is 1. The third kappa shape index (κ3) is 4.64. The summed E-state index contributed by atoms with van der Waals surface area (Å²) in [5.74, 6) is -0.745. The van der Waals surface area contributed by atoms with Gasteiger partial charge in [0.05, 0.1) is 5.71 Å². The molecule has 1 aliphatic rings. The van der Waals surface area contributed by atoms with E-state index in [1.54, 1.807) is 0 Å². The molecule has 1 aliphatic heterocycles. The Balaban J connectivity index is 2.93. The molecule has 0 radical (unpaired) electrons. The van der Waals surface area contributed by atoms with Crippen molar-refractivity contribution in [1.29, 1.82) is 0 Å². The van der Waals surface area contributed by atoms with Gasteiger partial charge in [-0.05, 0) is 34.1 Å². The molecule has 0 aromatic rings. The van der Waals surface area contributed by atoms with E-state index in [4.69, 9.17) is 4.84 Å². The van der Waals surface area contributed by atoms with Gasteiger partial charge in [-0.15, -0.1) is 0 Å². The molecule has 5 heteroatoms. The molecule has 1 fully saturated rings. The fraction of sp³-hybridized carbons (Fsp3) is 0.786. The molecule has 1 heterocycles. The lowest BCUT2D eigenvalue weighted by atomic mass is 9.90. The molecule has 0 aromatic heterocycles. The van der Waals surface area contributed by atoms with Gasteiger partial charge in [0.25, 0.3) is 0 Å². The molecule has 0 saturated carbocycles. The molecule has 0 bridgehead atoms. The lowest BCUT2D eigenvalue weighted by Crippen LogP contribution is -2.41. The third-order valence-electron chi connectivity index (χ3n) is 2.75. The highest BCUT2D eigenvalue weighted by Crippen LogP contribution is 2.38. The molecule has 4 nitrogen and oxygen atoms in total. The standard InChI is InChI=1S/C14H23NO3S/c1-6-7-10(15-18-9(2)3)12-11(16)8-14(4,5)19-13(12)17/h9,12H,6-8H2,1-5H3. The minimum absolute atomic E-state index is 0.0340. The number of rotatable bonds is 5. The van der Waals surface area contributed by atoms with E-state index in [0.717, 1.165) is 6.42 Å². The molecule has 1 saturated heterocycles. The number of ketones is 1. The summed E-state index contributed by atoms with van der Waals surface area (Å²) in [5, 5.41) is 3.95. The van der Waals surface area contributed by atoms with Gasteiger partial charge in [-0.25, -0.2) is 0 Å². The second kappa shape index (κ2) is 6.55. The Bertz CT molecular complexity index is 368. The SMILES string of the molecule is CCCC(=NOC(C)C)C1C(=O)CC(C)(C)SC1=O. The molecular weight excluding hydrogens is 262 g/mol. The quantitative estimate of drug-likeness (QED) is 0.442. The van der Waals surface area contributed by atoms with E-state index in [9.17, 15) is 9.59 Å². The van der Waals surface area contributed by atoms with Crippen LogP contribution >= 0.6 is 11.8 Å². The highest BCUT2D eigenvalue weighted by atomic mass is 32.2. The lowest BCUT2D eigenvalue weighted by molar-refractivity contribution is -0.127. The van der Waals surface area contributed by atoms with Crippen LogP contribution in [-0.2, 0) is 14.4 Å². The van der Waals surface area contributed by atoms with Gasteiger partial charge in [-0.3, -0.25) is 9.59 Å². The summed E-state index contributed by atoms with van der Waals surface area (Å²) in [6.07, 6.45) is 1.81. The summed E-state index contributed by atoms with van der Waals surface area (Å²) >= 11 is 1.25. The average Bonchev–Trinajstić information content (AvgIpc) is 2.22. The van der Waals surface area contributed by atoms with Crippen molar-refractivity contribution in [1.82, 2.24) is 0 Å². The Morgan fingerprint density at radius 3 is 2.58 bits per heavy atom. The Kier molecular flexibility index (Phi) is 5.59. The fourth-order valence-corrected chi connectivity index (χ4v) is 3.16. The Labute approximate surface area is 119 Å². The molecule has 0 spiro atoms. The second-order valence-electron chi connectivity index (χ2n) is 5.74. The average molecular weight is 285 g/mol.